The van der Waals surface area contributed by atoms with Crippen molar-refractivity contribution >= 4 is 12.0 Å². The van der Waals surface area contributed by atoms with Crippen molar-refractivity contribution in [2.45, 2.75) is 32.4 Å². The number of carbonyl (C=O) groups excluding carboxylic acids is 1. The van der Waals surface area contributed by atoms with Crippen LogP contribution in [0, 0.1) is 0 Å². The molecule has 0 bridgehead atoms. The van der Waals surface area contributed by atoms with Crippen LogP contribution in [0.4, 0.5) is 4.79 Å². The Hall–Kier alpha value is -1.34. The van der Waals surface area contributed by atoms with Crippen LogP contribution in [-0.2, 0) is 9.53 Å². The highest BCUT2D eigenvalue weighted by Crippen LogP contribution is 2.03. The van der Waals surface area contributed by atoms with Gasteiger partial charge in [-0.1, -0.05) is 6.92 Å². The number of methoxy groups -OCH3 is 1. The number of hydrogen-bond acceptors (Lipinski definition) is 4. The molecule has 0 heterocycles. The summed E-state index contributed by atoms with van der Waals surface area (Å²) in [5.74, 6) is -1.36. The Morgan fingerprint density at radius 2 is 2.06 bits per heavy atom. The van der Waals surface area contributed by atoms with E-state index in [1.807, 2.05) is 13.8 Å². The molecule has 0 aliphatic rings. The minimum Gasteiger partial charge on any atom is -0.479 e. The van der Waals surface area contributed by atoms with Crippen LogP contribution in [0.2, 0.25) is 0 Å². The molecule has 0 radical (unpaired) electrons. The number of rotatable bonds is 8. The molecule has 0 rings (SSSR count). The van der Waals surface area contributed by atoms with Crippen LogP contribution < -0.4 is 5.32 Å². The smallest absolute Gasteiger partial charge is 0.334 e. The summed E-state index contributed by atoms with van der Waals surface area (Å²) in [7, 11) is 1.54. The van der Waals surface area contributed by atoms with Gasteiger partial charge in [0.15, 0.2) is 6.10 Å². The molecule has 0 saturated heterocycles. The average molecular weight is 262 g/mol. The van der Waals surface area contributed by atoms with Crippen molar-refractivity contribution in [2.24, 2.45) is 0 Å². The zero-order chi connectivity index (χ0) is 14.1. The van der Waals surface area contributed by atoms with E-state index in [9.17, 15) is 9.59 Å². The number of carbonyl (C=O) groups is 2. The predicted molar refractivity (Wildman–Crippen MR) is 65.4 cm³/mol. The number of aliphatic hydroxyl groups excluding tert-OH is 1. The highest BCUT2D eigenvalue weighted by atomic mass is 16.5. The molecular formula is C11H22N2O5. The van der Waals surface area contributed by atoms with Gasteiger partial charge in [-0.3, -0.25) is 0 Å². The molecule has 0 saturated carbocycles. The molecule has 0 aromatic rings. The molecule has 3 N–H and O–H groups in total. The van der Waals surface area contributed by atoms with Gasteiger partial charge in [0.1, 0.15) is 0 Å². The number of aliphatic carboxylic acids is 1. The third-order valence-electron chi connectivity index (χ3n) is 2.65. The van der Waals surface area contributed by atoms with Gasteiger partial charge in [-0.2, -0.15) is 0 Å². The Morgan fingerprint density at radius 3 is 2.50 bits per heavy atom. The maximum absolute atomic E-state index is 11.8. The van der Waals surface area contributed by atoms with Gasteiger partial charge in [0, 0.05) is 19.7 Å². The molecule has 2 amide bonds. The molecule has 106 valence electrons. The Morgan fingerprint density at radius 1 is 1.44 bits per heavy atom. The number of nitrogens with one attached hydrogen (secondary N) is 1. The minimum absolute atomic E-state index is 0.0159. The molecule has 7 nitrogen and oxygen atoms in total. The highest BCUT2D eigenvalue weighted by Gasteiger charge is 2.20. The molecule has 0 fully saturated rings. The van der Waals surface area contributed by atoms with Crippen LogP contribution in [0.25, 0.3) is 0 Å². The lowest BCUT2D eigenvalue weighted by Crippen LogP contribution is -2.48. The van der Waals surface area contributed by atoms with E-state index in [2.05, 4.69) is 5.32 Å². The number of amides is 2. The normalized spacial score (nSPS) is 13.8. The lowest BCUT2D eigenvalue weighted by atomic mass is 10.2. The van der Waals surface area contributed by atoms with Gasteiger partial charge in [0.05, 0.1) is 13.2 Å². The first-order valence-electron chi connectivity index (χ1n) is 5.88. The largest absolute Gasteiger partial charge is 0.479 e. The fraction of sp³-hybridized carbons (Fsp3) is 0.818. The van der Waals surface area contributed by atoms with Crippen molar-refractivity contribution in [1.29, 1.82) is 0 Å². The molecular weight excluding hydrogens is 240 g/mol. The van der Waals surface area contributed by atoms with Crippen molar-refractivity contribution < 1.29 is 24.5 Å². The van der Waals surface area contributed by atoms with E-state index in [1.165, 1.54) is 0 Å². The SMILES string of the molecule is CCC(C)N(CCOC)C(=O)NCC(O)C(=O)O. The van der Waals surface area contributed by atoms with Crippen LogP contribution in [0.15, 0.2) is 0 Å². The highest BCUT2D eigenvalue weighted by molar-refractivity contribution is 5.77. The summed E-state index contributed by atoms with van der Waals surface area (Å²) in [5, 5.41) is 20.0. The predicted octanol–water partition coefficient (Wildman–Crippen LogP) is -0.112. The second-order valence-electron chi connectivity index (χ2n) is 3.98. The van der Waals surface area contributed by atoms with Gasteiger partial charge >= 0.3 is 12.0 Å². The van der Waals surface area contributed by atoms with Crippen LogP contribution in [0.1, 0.15) is 20.3 Å². The van der Waals surface area contributed by atoms with Crippen molar-refractivity contribution in [1.82, 2.24) is 10.2 Å². The zero-order valence-corrected chi connectivity index (χ0v) is 11.0. The summed E-state index contributed by atoms with van der Waals surface area (Å²) in [6.45, 7) is 4.35. The van der Waals surface area contributed by atoms with Gasteiger partial charge in [-0.05, 0) is 13.3 Å². The van der Waals surface area contributed by atoms with E-state index in [4.69, 9.17) is 14.9 Å². The lowest BCUT2D eigenvalue weighted by Gasteiger charge is -2.28. The van der Waals surface area contributed by atoms with Crippen molar-refractivity contribution in [2.75, 3.05) is 26.8 Å². The Bertz CT molecular complexity index is 272. The average Bonchev–Trinajstić information content (AvgIpc) is 2.35. The number of carboxylic acid groups (broad SMARTS) is 1. The standard InChI is InChI=1S/C11H22N2O5/c1-4-8(2)13(5-6-18-3)11(17)12-7-9(14)10(15)16/h8-9,14H,4-7H2,1-3H3,(H,12,17)(H,15,16). The summed E-state index contributed by atoms with van der Waals surface area (Å²) in [5.41, 5.74) is 0. The molecule has 0 spiro atoms. The van der Waals surface area contributed by atoms with E-state index in [0.29, 0.717) is 13.2 Å². The number of ether oxygens (including phenoxy) is 1. The summed E-state index contributed by atoms with van der Waals surface area (Å²) in [6.07, 6.45) is -0.811. The quantitative estimate of drug-likeness (QED) is 0.567. The molecule has 2 unspecified atom stereocenters. The van der Waals surface area contributed by atoms with E-state index < -0.39 is 18.1 Å². The van der Waals surface area contributed by atoms with E-state index >= 15 is 0 Å². The Balaban J connectivity index is 4.32. The Kier molecular flexibility index (Phi) is 8.06. The number of urea groups is 1. The molecule has 0 aliphatic carbocycles. The monoisotopic (exact) mass is 262 g/mol. The van der Waals surface area contributed by atoms with Crippen LogP contribution in [0.5, 0.6) is 0 Å². The molecule has 0 aromatic heterocycles. The minimum atomic E-state index is -1.59. The van der Waals surface area contributed by atoms with E-state index in [0.717, 1.165) is 6.42 Å². The molecule has 2 atom stereocenters. The molecule has 0 aliphatic heterocycles. The van der Waals surface area contributed by atoms with Crippen LogP contribution in [-0.4, -0.2) is 66.1 Å². The van der Waals surface area contributed by atoms with E-state index in [1.54, 1.807) is 12.0 Å². The number of carboxylic acids is 1. The lowest BCUT2D eigenvalue weighted by molar-refractivity contribution is -0.146. The van der Waals surface area contributed by atoms with Gasteiger partial charge in [0.25, 0.3) is 0 Å². The zero-order valence-electron chi connectivity index (χ0n) is 11.0. The topological polar surface area (TPSA) is 99.1 Å². The third-order valence-corrected chi connectivity index (χ3v) is 2.65. The molecule has 0 aromatic carbocycles. The summed E-state index contributed by atoms with van der Waals surface area (Å²) >= 11 is 0. The number of nitrogens with zero attached hydrogens (tertiary/aromatic N) is 1. The fourth-order valence-electron chi connectivity index (χ4n) is 1.30. The Labute approximate surface area is 107 Å². The number of hydrogen-bond donors (Lipinski definition) is 3. The second-order valence-corrected chi connectivity index (χ2v) is 3.98. The first-order chi connectivity index (χ1) is 8.43. The van der Waals surface area contributed by atoms with Gasteiger partial charge in [0.2, 0.25) is 0 Å². The summed E-state index contributed by atoms with van der Waals surface area (Å²) in [6, 6.07) is -0.385. The maximum atomic E-state index is 11.8. The van der Waals surface area contributed by atoms with Crippen molar-refractivity contribution in [3.63, 3.8) is 0 Å². The van der Waals surface area contributed by atoms with Gasteiger partial charge in [-0.15, -0.1) is 0 Å². The van der Waals surface area contributed by atoms with Crippen LogP contribution in [0.3, 0.4) is 0 Å². The fourth-order valence-corrected chi connectivity index (χ4v) is 1.30. The summed E-state index contributed by atoms with van der Waals surface area (Å²) < 4.78 is 4.92. The third kappa shape index (κ3) is 5.83. The molecule has 18 heavy (non-hydrogen) atoms. The molecule has 7 heteroatoms. The van der Waals surface area contributed by atoms with Crippen molar-refractivity contribution in [3.8, 4) is 0 Å². The first kappa shape index (κ1) is 16.7. The van der Waals surface area contributed by atoms with Crippen molar-refractivity contribution in [3.05, 3.63) is 0 Å². The number of aliphatic hydroxyl groups is 1. The van der Waals surface area contributed by atoms with Gasteiger partial charge < -0.3 is 25.2 Å². The van der Waals surface area contributed by atoms with Crippen LogP contribution >= 0.6 is 0 Å². The second kappa shape index (κ2) is 8.71. The maximum Gasteiger partial charge on any atom is 0.334 e. The van der Waals surface area contributed by atoms with E-state index in [-0.39, 0.29) is 12.6 Å². The first-order valence-corrected chi connectivity index (χ1v) is 5.88. The van der Waals surface area contributed by atoms with Gasteiger partial charge in [-0.25, -0.2) is 9.59 Å². The summed E-state index contributed by atoms with van der Waals surface area (Å²) in [4.78, 5) is 23.8.